The van der Waals surface area contributed by atoms with Crippen LogP contribution in [-0.4, -0.2) is 34.3 Å². The van der Waals surface area contributed by atoms with Crippen LogP contribution in [0.25, 0.3) is 0 Å². The quantitative estimate of drug-likeness (QED) is 0.618. The van der Waals surface area contributed by atoms with E-state index in [0.717, 1.165) is 24.4 Å². The van der Waals surface area contributed by atoms with Crippen molar-refractivity contribution in [3.63, 3.8) is 0 Å². The van der Waals surface area contributed by atoms with Gasteiger partial charge < -0.3 is 9.47 Å². The van der Waals surface area contributed by atoms with Gasteiger partial charge in [0.2, 0.25) is 5.78 Å². The molecule has 2 rings (SSSR count). The van der Waals surface area contributed by atoms with Gasteiger partial charge >= 0.3 is 0 Å². The third-order valence-electron chi connectivity index (χ3n) is 3.70. The Labute approximate surface area is 115 Å². The molecule has 1 fully saturated rings. The molecule has 0 bridgehead atoms. The molecule has 0 aromatic carbocycles. The Bertz CT molecular complexity index is 468. The van der Waals surface area contributed by atoms with Crippen molar-refractivity contribution in [3.8, 4) is 0 Å². The van der Waals surface area contributed by atoms with Crippen molar-refractivity contribution in [2.24, 2.45) is 0 Å². The van der Waals surface area contributed by atoms with Crippen LogP contribution in [0.3, 0.4) is 0 Å². The fourth-order valence-corrected chi connectivity index (χ4v) is 2.74. The van der Waals surface area contributed by atoms with Crippen LogP contribution in [0.5, 0.6) is 0 Å². The first-order valence-corrected chi connectivity index (χ1v) is 7.02. The zero-order valence-corrected chi connectivity index (χ0v) is 12.1. The van der Waals surface area contributed by atoms with Crippen molar-refractivity contribution in [1.82, 2.24) is 14.5 Å². The molecule has 1 aliphatic carbocycles. The molecule has 1 aromatic heterocycles. The van der Waals surface area contributed by atoms with Gasteiger partial charge in [0.1, 0.15) is 11.5 Å². The molecule has 0 N–H and O–H groups in total. The molecule has 1 aliphatic rings. The Morgan fingerprint density at radius 3 is 2.68 bits per heavy atom. The van der Waals surface area contributed by atoms with Crippen molar-refractivity contribution in [1.29, 1.82) is 0 Å². The lowest BCUT2D eigenvalue weighted by molar-refractivity contribution is 0.103. The van der Waals surface area contributed by atoms with E-state index in [1.165, 1.54) is 19.3 Å². The minimum Gasteiger partial charge on any atom is -0.383 e. The molecule has 0 spiro atoms. The molecular weight excluding hydrogens is 238 g/mol. The van der Waals surface area contributed by atoms with Gasteiger partial charge in [0.15, 0.2) is 0 Å². The number of hydrogen-bond donors (Lipinski definition) is 0. The first-order chi connectivity index (χ1) is 9.09. The van der Waals surface area contributed by atoms with Crippen LogP contribution in [0.4, 0.5) is 0 Å². The molecule has 4 heteroatoms. The highest BCUT2D eigenvalue weighted by Gasteiger charge is 2.22. The highest BCUT2D eigenvalue weighted by molar-refractivity contribution is 6.03. The summed E-state index contributed by atoms with van der Waals surface area (Å²) in [6, 6.07) is 0.447. The molecule has 104 valence electrons. The molecule has 0 saturated heterocycles. The van der Waals surface area contributed by atoms with E-state index in [1.54, 1.807) is 18.5 Å². The van der Waals surface area contributed by atoms with Crippen LogP contribution in [0.2, 0.25) is 0 Å². The molecule has 1 saturated carbocycles. The number of nitrogens with zero attached hydrogens (tertiary/aromatic N) is 3. The lowest BCUT2D eigenvalue weighted by atomic mass is 9.95. The summed E-state index contributed by atoms with van der Waals surface area (Å²) in [4.78, 5) is 18.5. The van der Waals surface area contributed by atoms with Crippen molar-refractivity contribution >= 4 is 5.78 Å². The number of carbonyl (C=O) groups is 1. The minimum absolute atomic E-state index is 0.0415. The summed E-state index contributed by atoms with van der Waals surface area (Å²) in [7, 11) is 3.82. The van der Waals surface area contributed by atoms with Gasteiger partial charge in [-0.25, -0.2) is 4.98 Å². The van der Waals surface area contributed by atoms with Crippen LogP contribution < -0.4 is 0 Å². The van der Waals surface area contributed by atoms with E-state index in [4.69, 9.17) is 0 Å². The van der Waals surface area contributed by atoms with Crippen LogP contribution >= 0.6 is 0 Å². The molecule has 0 unspecified atom stereocenters. The monoisotopic (exact) mass is 261 g/mol. The SMILES string of the molecule is Cc1ncc(C(=O)/C=C/N(C)C)n1C1CCCCC1. The summed E-state index contributed by atoms with van der Waals surface area (Å²) in [5.41, 5.74) is 0.725. The Balaban J connectivity index is 2.23. The van der Waals surface area contributed by atoms with Gasteiger partial charge in [0, 0.05) is 32.4 Å². The predicted octanol–water partition coefficient (Wildman–Crippen LogP) is 2.95. The van der Waals surface area contributed by atoms with Gasteiger partial charge in [-0.2, -0.15) is 0 Å². The molecule has 1 aromatic rings. The molecule has 0 atom stereocenters. The molecule has 1 heterocycles. The fourth-order valence-electron chi connectivity index (χ4n) is 2.74. The lowest BCUT2D eigenvalue weighted by Gasteiger charge is -2.25. The maximum absolute atomic E-state index is 12.3. The van der Waals surface area contributed by atoms with Crippen molar-refractivity contribution < 1.29 is 4.79 Å². The Hall–Kier alpha value is -1.58. The highest BCUT2D eigenvalue weighted by Crippen LogP contribution is 2.30. The third-order valence-corrected chi connectivity index (χ3v) is 3.70. The first-order valence-electron chi connectivity index (χ1n) is 7.02. The van der Waals surface area contributed by atoms with E-state index in [2.05, 4.69) is 9.55 Å². The second-order valence-corrected chi connectivity index (χ2v) is 5.50. The third kappa shape index (κ3) is 3.25. The number of imidazole rings is 1. The number of aromatic nitrogens is 2. The molecular formula is C15H23N3O. The largest absolute Gasteiger partial charge is 0.383 e. The average molecular weight is 261 g/mol. The number of allylic oxidation sites excluding steroid dienone is 1. The van der Waals surface area contributed by atoms with Gasteiger partial charge in [-0.15, -0.1) is 0 Å². The average Bonchev–Trinajstić information content (AvgIpc) is 2.79. The predicted molar refractivity (Wildman–Crippen MR) is 76.2 cm³/mol. The van der Waals surface area contributed by atoms with Crippen molar-refractivity contribution in [2.45, 2.75) is 45.1 Å². The van der Waals surface area contributed by atoms with E-state index in [1.807, 2.05) is 25.9 Å². The summed E-state index contributed by atoms with van der Waals surface area (Å²) in [6.07, 6.45) is 11.3. The van der Waals surface area contributed by atoms with Crippen LogP contribution in [0.1, 0.15) is 54.5 Å². The van der Waals surface area contributed by atoms with E-state index in [-0.39, 0.29) is 5.78 Å². The molecule has 0 amide bonds. The fraction of sp³-hybridized carbons (Fsp3) is 0.600. The molecule has 0 aliphatic heterocycles. The zero-order chi connectivity index (χ0) is 13.8. The summed E-state index contributed by atoms with van der Waals surface area (Å²) >= 11 is 0. The number of rotatable bonds is 4. The van der Waals surface area contributed by atoms with Crippen LogP contribution in [-0.2, 0) is 0 Å². The number of ketones is 1. The van der Waals surface area contributed by atoms with E-state index in [9.17, 15) is 4.79 Å². The lowest BCUT2D eigenvalue weighted by Crippen LogP contribution is -2.18. The normalized spacial score (nSPS) is 17.0. The van der Waals surface area contributed by atoms with Crippen LogP contribution in [0, 0.1) is 6.92 Å². The topological polar surface area (TPSA) is 38.1 Å². The highest BCUT2D eigenvalue weighted by atomic mass is 16.1. The van der Waals surface area contributed by atoms with Gasteiger partial charge in [0.25, 0.3) is 0 Å². The second kappa shape index (κ2) is 6.04. The van der Waals surface area contributed by atoms with Crippen LogP contribution in [0.15, 0.2) is 18.5 Å². The van der Waals surface area contributed by atoms with Crippen molar-refractivity contribution in [2.75, 3.05) is 14.1 Å². The number of hydrogen-bond acceptors (Lipinski definition) is 3. The van der Waals surface area contributed by atoms with Gasteiger partial charge in [-0.05, 0) is 19.8 Å². The first kappa shape index (κ1) is 13.8. The summed E-state index contributed by atoms with van der Waals surface area (Å²) in [5, 5.41) is 0. The molecule has 4 nitrogen and oxygen atoms in total. The second-order valence-electron chi connectivity index (χ2n) is 5.50. The summed E-state index contributed by atoms with van der Waals surface area (Å²) < 4.78 is 2.14. The number of aryl methyl sites for hydroxylation is 1. The minimum atomic E-state index is 0.0415. The standard InChI is InChI=1S/C15H23N3O/c1-12-16-11-14(15(19)9-10-17(2)3)18(12)13-7-5-4-6-8-13/h9-11,13H,4-8H2,1-3H3/b10-9+. The Kier molecular flexibility index (Phi) is 4.40. The van der Waals surface area contributed by atoms with E-state index < -0.39 is 0 Å². The zero-order valence-electron chi connectivity index (χ0n) is 12.1. The van der Waals surface area contributed by atoms with E-state index >= 15 is 0 Å². The Morgan fingerprint density at radius 1 is 1.37 bits per heavy atom. The summed E-state index contributed by atoms with van der Waals surface area (Å²) in [6.45, 7) is 1.99. The molecule has 19 heavy (non-hydrogen) atoms. The van der Waals surface area contributed by atoms with Gasteiger partial charge in [-0.1, -0.05) is 19.3 Å². The van der Waals surface area contributed by atoms with Gasteiger partial charge in [0.05, 0.1) is 6.20 Å². The van der Waals surface area contributed by atoms with E-state index in [0.29, 0.717) is 6.04 Å². The van der Waals surface area contributed by atoms with Crippen molar-refractivity contribution in [3.05, 3.63) is 30.0 Å². The molecule has 0 radical (unpaired) electrons. The Morgan fingerprint density at radius 2 is 2.05 bits per heavy atom. The summed E-state index contributed by atoms with van der Waals surface area (Å²) in [5.74, 6) is 0.994. The number of carbonyl (C=O) groups excluding carboxylic acids is 1. The maximum atomic E-state index is 12.3. The smallest absolute Gasteiger partial charge is 0.205 e. The van der Waals surface area contributed by atoms with Gasteiger partial charge in [-0.3, -0.25) is 4.79 Å². The maximum Gasteiger partial charge on any atom is 0.205 e.